The van der Waals surface area contributed by atoms with E-state index in [1.54, 1.807) is 0 Å². The predicted octanol–water partition coefficient (Wildman–Crippen LogP) is 6.87. The van der Waals surface area contributed by atoms with E-state index in [0.29, 0.717) is 47.4 Å². The average Bonchev–Trinajstić information content (AvgIpc) is 3.03. The molecule has 0 amide bonds. The number of hydrogen-bond acceptors (Lipinski definition) is 6. The number of carbonyl (C=O) groups is 4. The van der Waals surface area contributed by atoms with Gasteiger partial charge in [0.05, 0.1) is 25.3 Å². The summed E-state index contributed by atoms with van der Waals surface area (Å²) in [6, 6.07) is 11.9. The number of rotatable bonds is 4. The monoisotopic (exact) mass is 572 g/mol. The van der Waals surface area contributed by atoms with Crippen molar-refractivity contribution < 1.29 is 28.7 Å². The Labute approximate surface area is 249 Å². The molecule has 6 heteroatoms. The molecule has 4 atom stereocenters. The van der Waals surface area contributed by atoms with E-state index >= 15 is 0 Å². The number of aryl methyl sites for hydroxylation is 2. The van der Waals surface area contributed by atoms with Crippen LogP contribution in [0.4, 0.5) is 0 Å². The standard InChI is InChI=1S/2C18H22O3/c2*1-3-18-9-8-15(19)11-14(18)6-4-12-10-13(17(20)21-2)5-7-16(12)18/h2*5,7,10,14H,3-4,6,8-9,11H2,1-2H3/t2*14-,18+/m10/s1. The fourth-order valence-corrected chi connectivity index (χ4v) is 8.78. The van der Waals surface area contributed by atoms with Crippen LogP contribution in [0.5, 0.6) is 0 Å². The first-order chi connectivity index (χ1) is 20.2. The molecule has 0 radical (unpaired) electrons. The molecule has 224 valence electrons. The maximum Gasteiger partial charge on any atom is 0.337 e. The summed E-state index contributed by atoms with van der Waals surface area (Å²) in [6.45, 7) is 4.46. The van der Waals surface area contributed by atoms with Crippen LogP contribution in [0.15, 0.2) is 36.4 Å². The van der Waals surface area contributed by atoms with Crippen LogP contribution in [0.3, 0.4) is 0 Å². The quantitative estimate of drug-likeness (QED) is 0.372. The second kappa shape index (κ2) is 12.1. The van der Waals surface area contributed by atoms with Crippen LogP contribution in [0.25, 0.3) is 0 Å². The van der Waals surface area contributed by atoms with Gasteiger partial charge in [0, 0.05) is 25.7 Å². The highest BCUT2D eigenvalue weighted by molar-refractivity contribution is 5.90. The molecule has 0 aromatic heterocycles. The van der Waals surface area contributed by atoms with Crippen LogP contribution in [0.2, 0.25) is 0 Å². The number of carbonyl (C=O) groups excluding carboxylic acids is 4. The number of benzene rings is 2. The molecule has 2 fully saturated rings. The Balaban J connectivity index is 0.000000168. The van der Waals surface area contributed by atoms with Gasteiger partial charge in [0.1, 0.15) is 11.6 Å². The van der Waals surface area contributed by atoms with Crippen molar-refractivity contribution >= 4 is 23.5 Å². The summed E-state index contributed by atoms with van der Waals surface area (Å²) in [5.41, 5.74) is 6.80. The van der Waals surface area contributed by atoms with Crippen molar-refractivity contribution in [3.63, 3.8) is 0 Å². The highest BCUT2D eigenvalue weighted by atomic mass is 16.5. The number of ketones is 2. The minimum atomic E-state index is -0.274. The van der Waals surface area contributed by atoms with Gasteiger partial charge in [-0.05, 0) is 121 Å². The lowest BCUT2D eigenvalue weighted by Gasteiger charge is -2.48. The number of methoxy groups -OCH3 is 2. The van der Waals surface area contributed by atoms with Gasteiger partial charge in [-0.3, -0.25) is 9.59 Å². The molecule has 4 aliphatic carbocycles. The molecular formula is C36H44O6. The Morgan fingerprint density at radius 1 is 0.690 bits per heavy atom. The number of fused-ring (bicyclic) bond motifs is 6. The minimum absolute atomic E-state index is 0.135. The van der Waals surface area contributed by atoms with Crippen molar-refractivity contribution in [2.75, 3.05) is 14.2 Å². The van der Waals surface area contributed by atoms with Gasteiger partial charge in [-0.25, -0.2) is 9.59 Å². The van der Waals surface area contributed by atoms with Gasteiger partial charge in [0.15, 0.2) is 0 Å². The van der Waals surface area contributed by atoms with Gasteiger partial charge in [-0.15, -0.1) is 0 Å². The third-order valence-corrected chi connectivity index (χ3v) is 11.1. The van der Waals surface area contributed by atoms with Crippen molar-refractivity contribution in [1.29, 1.82) is 0 Å². The number of Topliss-reactive ketones (excluding diaryl/α,β-unsaturated/α-hetero) is 2. The molecule has 6 nitrogen and oxygen atoms in total. The Hall–Kier alpha value is -3.28. The van der Waals surface area contributed by atoms with Crippen molar-refractivity contribution in [2.45, 2.75) is 102 Å². The maximum atomic E-state index is 11.8. The van der Waals surface area contributed by atoms with Crippen molar-refractivity contribution in [1.82, 2.24) is 0 Å². The van der Waals surface area contributed by atoms with E-state index in [1.165, 1.54) is 36.5 Å². The van der Waals surface area contributed by atoms with Gasteiger partial charge in [-0.2, -0.15) is 0 Å². The number of esters is 2. The van der Waals surface area contributed by atoms with Crippen molar-refractivity contribution in [3.8, 4) is 0 Å². The molecule has 0 unspecified atom stereocenters. The Kier molecular flexibility index (Phi) is 8.73. The van der Waals surface area contributed by atoms with E-state index in [0.717, 1.165) is 64.2 Å². The largest absolute Gasteiger partial charge is 0.465 e. The molecule has 42 heavy (non-hydrogen) atoms. The van der Waals surface area contributed by atoms with Crippen molar-refractivity contribution in [2.24, 2.45) is 11.8 Å². The first-order valence-corrected chi connectivity index (χ1v) is 15.7. The Morgan fingerprint density at radius 3 is 1.45 bits per heavy atom. The zero-order chi connectivity index (χ0) is 30.1. The van der Waals surface area contributed by atoms with E-state index in [-0.39, 0.29) is 22.8 Å². The zero-order valence-corrected chi connectivity index (χ0v) is 25.6. The molecule has 2 aromatic carbocycles. The van der Waals surface area contributed by atoms with E-state index in [2.05, 4.69) is 26.0 Å². The SMILES string of the molecule is CC[C@@]12CCC(=O)C[C@@H]1CCc1cc(C(=O)OC)ccc12.CC[C@]12CCC(=O)C[C@H]1CCc1cc(C(=O)OC)ccc12. The van der Waals surface area contributed by atoms with Gasteiger partial charge < -0.3 is 9.47 Å². The number of ether oxygens (including phenoxy) is 2. The predicted molar refractivity (Wildman–Crippen MR) is 161 cm³/mol. The molecule has 0 saturated heterocycles. The van der Waals surface area contributed by atoms with Crippen LogP contribution in [0.1, 0.15) is 121 Å². The molecule has 0 N–H and O–H groups in total. The molecule has 0 aliphatic heterocycles. The van der Waals surface area contributed by atoms with Crippen LogP contribution >= 0.6 is 0 Å². The summed E-state index contributed by atoms with van der Waals surface area (Å²) in [7, 11) is 2.83. The summed E-state index contributed by atoms with van der Waals surface area (Å²) in [5, 5.41) is 0. The molecule has 2 aromatic rings. The van der Waals surface area contributed by atoms with E-state index in [4.69, 9.17) is 9.47 Å². The molecule has 6 rings (SSSR count). The lowest BCUT2D eigenvalue weighted by atomic mass is 9.56. The lowest BCUT2D eigenvalue weighted by Crippen LogP contribution is -2.43. The summed E-state index contributed by atoms with van der Waals surface area (Å²) >= 11 is 0. The van der Waals surface area contributed by atoms with Crippen LogP contribution < -0.4 is 0 Å². The molecule has 4 aliphatic rings. The van der Waals surface area contributed by atoms with Gasteiger partial charge >= 0.3 is 11.9 Å². The van der Waals surface area contributed by atoms with E-state index < -0.39 is 0 Å². The smallest absolute Gasteiger partial charge is 0.337 e. The van der Waals surface area contributed by atoms with Gasteiger partial charge in [0.25, 0.3) is 0 Å². The average molecular weight is 573 g/mol. The molecule has 0 spiro atoms. The van der Waals surface area contributed by atoms with Crippen LogP contribution in [0, 0.1) is 11.8 Å². The molecular weight excluding hydrogens is 528 g/mol. The molecule has 0 bridgehead atoms. The fourth-order valence-electron chi connectivity index (χ4n) is 8.78. The third kappa shape index (κ3) is 5.22. The van der Waals surface area contributed by atoms with Crippen LogP contribution in [-0.4, -0.2) is 37.7 Å². The number of hydrogen-bond donors (Lipinski definition) is 0. The fraction of sp³-hybridized carbons (Fsp3) is 0.556. The van der Waals surface area contributed by atoms with Gasteiger partial charge in [0.2, 0.25) is 0 Å². The Bertz CT molecular complexity index is 1290. The minimum Gasteiger partial charge on any atom is -0.465 e. The van der Waals surface area contributed by atoms with E-state index in [9.17, 15) is 19.2 Å². The normalized spacial score (nSPS) is 27.7. The van der Waals surface area contributed by atoms with Crippen molar-refractivity contribution in [3.05, 3.63) is 69.8 Å². The second-order valence-electron chi connectivity index (χ2n) is 12.7. The van der Waals surface area contributed by atoms with E-state index in [1.807, 2.05) is 24.3 Å². The first-order valence-electron chi connectivity index (χ1n) is 15.7. The summed E-state index contributed by atoms with van der Waals surface area (Å²) in [6.07, 6.45) is 10.9. The zero-order valence-electron chi connectivity index (χ0n) is 25.6. The Morgan fingerprint density at radius 2 is 1.10 bits per heavy atom. The highest BCUT2D eigenvalue weighted by Crippen LogP contribution is 2.52. The molecule has 0 heterocycles. The maximum absolute atomic E-state index is 11.8. The summed E-state index contributed by atoms with van der Waals surface area (Å²) in [5.74, 6) is 1.23. The first kappa shape index (κ1) is 30.2. The molecule has 2 saturated carbocycles. The second-order valence-corrected chi connectivity index (χ2v) is 12.7. The highest BCUT2D eigenvalue weighted by Gasteiger charge is 2.47. The summed E-state index contributed by atoms with van der Waals surface area (Å²) in [4.78, 5) is 47.0. The summed E-state index contributed by atoms with van der Waals surface area (Å²) < 4.78 is 9.63. The van der Waals surface area contributed by atoms with Gasteiger partial charge in [-0.1, -0.05) is 26.0 Å². The van der Waals surface area contributed by atoms with Crippen LogP contribution in [-0.2, 0) is 42.7 Å². The lowest BCUT2D eigenvalue weighted by molar-refractivity contribution is -0.124. The third-order valence-electron chi connectivity index (χ3n) is 11.1. The topological polar surface area (TPSA) is 86.7 Å².